The molecule has 0 aliphatic heterocycles. The van der Waals surface area contributed by atoms with E-state index in [1.165, 1.54) is 6.07 Å². The molecule has 2 rings (SSSR count). The van der Waals surface area contributed by atoms with Gasteiger partial charge in [0, 0.05) is 6.54 Å². The topological polar surface area (TPSA) is 85.1 Å². The van der Waals surface area contributed by atoms with Crippen molar-refractivity contribution in [3.8, 4) is 0 Å². The quantitative estimate of drug-likeness (QED) is 0.511. The smallest absolute Gasteiger partial charge is 0.300 e. The fourth-order valence-corrected chi connectivity index (χ4v) is 2.10. The summed E-state index contributed by atoms with van der Waals surface area (Å²) in [6, 6.07) is 1.22. The molecule has 1 aromatic rings. The standard InChI is InChI=1S/C12H14ClN3O3/c1-2-12(3-4-12)7-15-11(17)8-5-10(13)14-6-9(8)16(18)19/h5-6H,2-4,7H2,1H3,(H,15,17). The minimum atomic E-state index is -0.634. The van der Waals surface area contributed by atoms with Crippen molar-refractivity contribution < 1.29 is 9.72 Å². The lowest BCUT2D eigenvalue weighted by Gasteiger charge is -2.13. The average Bonchev–Trinajstić information content (AvgIpc) is 3.16. The third-order valence-corrected chi connectivity index (χ3v) is 3.83. The lowest BCUT2D eigenvalue weighted by Crippen LogP contribution is -2.30. The highest BCUT2D eigenvalue weighted by Gasteiger charge is 2.40. The summed E-state index contributed by atoms with van der Waals surface area (Å²) in [5, 5.41) is 13.7. The number of nitrogens with zero attached hydrogens (tertiary/aromatic N) is 2. The van der Waals surface area contributed by atoms with Gasteiger partial charge >= 0.3 is 0 Å². The molecule has 1 aliphatic rings. The van der Waals surface area contributed by atoms with E-state index in [4.69, 9.17) is 11.6 Å². The van der Waals surface area contributed by atoms with Crippen molar-refractivity contribution in [1.82, 2.24) is 10.3 Å². The molecular formula is C12H14ClN3O3. The maximum atomic E-state index is 12.0. The first-order chi connectivity index (χ1) is 8.97. The summed E-state index contributed by atoms with van der Waals surface area (Å²) in [6.07, 6.45) is 4.17. The maximum Gasteiger partial charge on any atom is 0.300 e. The normalized spacial score (nSPS) is 15.9. The molecule has 6 nitrogen and oxygen atoms in total. The molecule has 0 radical (unpaired) electrons. The number of carbonyl (C=O) groups excluding carboxylic acids is 1. The van der Waals surface area contributed by atoms with Crippen LogP contribution in [0, 0.1) is 15.5 Å². The number of rotatable bonds is 5. The molecule has 1 N–H and O–H groups in total. The third kappa shape index (κ3) is 3.01. The van der Waals surface area contributed by atoms with Gasteiger partial charge in [0.2, 0.25) is 0 Å². The molecule has 0 aromatic carbocycles. The van der Waals surface area contributed by atoms with Crippen LogP contribution in [0.15, 0.2) is 12.3 Å². The molecule has 0 atom stereocenters. The van der Waals surface area contributed by atoms with Gasteiger partial charge in [0.15, 0.2) is 0 Å². The number of pyridine rings is 1. The van der Waals surface area contributed by atoms with Crippen molar-refractivity contribution >= 4 is 23.2 Å². The summed E-state index contributed by atoms with van der Waals surface area (Å²) in [7, 11) is 0. The van der Waals surface area contributed by atoms with Gasteiger partial charge in [-0.2, -0.15) is 0 Å². The molecule has 1 fully saturated rings. The fraction of sp³-hybridized carbons (Fsp3) is 0.500. The van der Waals surface area contributed by atoms with E-state index in [9.17, 15) is 14.9 Å². The van der Waals surface area contributed by atoms with E-state index in [1.807, 2.05) is 0 Å². The molecular weight excluding hydrogens is 270 g/mol. The highest BCUT2D eigenvalue weighted by molar-refractivity contribution is 6.29. The van der Waals surface area contributed by atoms with Crippen LogP contribution in [-0.4, -0.2) is 22.4 Å². The zero-order valence-electron chi connectivity index (χ0n) is 10.5. The minimum absolute atomic E-state index is 0.0445. The molecule has 0 saturated heterocycles. The number of hydrogen-bond acceptors (Lipinski definition) is 4. The molecule has 0 bridgehead atoms. The Kier molecular flexibility index (Phi) is 3.71. The van der Waals surface area contributed by atoms with Crippen LogP contribution in [0.4, 0.5) is 5.69 Å². The van der Waals surface area contributed by atoms with Gasteiger partial charge in [-0.1, -0.05) is 18.5 Å². The molecule has 19 heavy (non-hydrogen) atoms. The molecule has 1 aromatic heterocycles. The Labute approximate surface area is 115 Å². The van der Waals surface area contributed by atoms with Gasteiger partial charge in [0.05, 0.1) is 4.92 Å². The molecule has 102 valence electrons. The van der Waals surface area contributed by atoms with Crippen molar-refractivity contribution in [2.75, 3.05) is 6.54 Å². The second kappa shape index (κ2) is 5.13. The van der Waals surface area contributed by atoms with Gasteiger partial charge in [-0.3, -0.25) is 14.9 Å². The summed E-state index contributed by atoms with van der Waals surface area (Å²) in [5.41, 5.74) is -0.193. The third-order valence-electron chi connectivity index (χ3n) is 3.62. The van der Waals surface area contributed by atoms with Crippen LogP contribution >= 0.6 is 11.6 Å². The van der Waals surface area contributed by atoms with Crippen molar-refractivity contribution in [1.29, 1.82) is 0 Å². The first kappa shape index (κ1) is 13.7. The number of nitrogens with one attached hydrogen (secondary N) is 1. The van der Waals surface area contributed by atoms with Crippen molar-refractivity contribution in [3.63, 3.8) is 0 Å². The van der Waals surface area contributed by atoms with Crippen LogP contribution in [0.3, 0.4) is 0 Å². The number of halogens is 1. The Hall–Kier alpha value is -1.69. The lowest BCUT2D eigenvalue weighted by atomic mass is 10.0. The maximum absolute atomic E-state index is 12.0. The molecule has 0 unspecified atom stereocenters. The highest BCUT2D eigenvalue weighted by atomic mass is 35.5. The van der Waals surface area contributed by atoms with Crippen molar-refractivity contribution in [3.05, 3.63) is 33.1 Å². The van der Waals surface area contributed by atoms with Crippen LogP contribution in [-0.2, 0) is 0 Å². The van der Waals surface area contributed by atoms with Crippen molar-refractivity contribution in [2.24, 2.45) is 5.41 Å². The molecule has 1 amide bonds. The molecule has 0 spiro atoms. The van der Waals surface area contributed by atoms with E-state index in [-0.39, 0.29) is 21.8 Å². The van der Waals surface area contributed by atoms with E-state index in [0.717, 1.165) is 25.5 Å². The zero-order valence-corrected chi connectivity index (χ0v) is 11.2. The predicted octanol–water partition coefficient (Wildman–Crippen LogP) is 2.56. The Morgan fingerprint density at radius 2 is 2.32 bits per heavy atom. The van der Waals surface area contributed by atoms with Gasteiger partial charge in [-0.15, -0.1) is 0 Å². The summed E-state index contributed by atoms with van der Waals surface area (Å²) in [5.74, 6) is -0.476. The lowest BCUT2D eigenvalue weighted by molar-refractivity contribution is -0.385. The molecule has 1 saturated carbocycles. The number of carbonyl (C=O) groups is 1. The zero-order chi connectivity index (χ0) is 14.0. The number of amides is 1. The second-order valence-corrected chi connectivity index (χ2v) is 5.20. The summed E-state index contributed by atoms with van der Waals surface area (Å²) in [6.45, 7) is 2.62. The van der Waals surface area contributed by atoms with Crippen molar-refractivity contribution in [2.45, 2.75) is 26.2 Å². The van der Waals surface area contributed by atoms with Gasteiger partial charge in [0.1, 0.15) is 16.9 Å². The largest absolute Gasteiger partial charge is 0.351 e. The minimum Gasteiger partial charge on any atom is -0.351 e. The number of hydrogen-bond donors (Lipinski definition) is 1. The van der Waals surface area contributed by atoms with Gasteiger partial charge < -0.3 is 5.32 Å². The van der Waals surface area contributed by atoms with Crippen LogP contribution < -0.4 is 5.32 Å². The Balaban J connectivity index is 2.14. The monoisotopic (exact) mass is 283 g/mol. The van der Waals surface area contributed by atoms with Crippen LogP contribution in [0.2, 0.25) is 5.15 Å². The van der Waals surface area contributed by atoms with Crippen LogP contribution in [0.25, 0.3) is 0 Å². The first-order valence-electron chi connectivity index (χ1n) is 6.05. The van der Waals surface area contributed by atoms with E-state index < -0.39 is 10.8 Å². The van der Waals surface area contributed by atoms with Gasteiger partial charge in [-0.25, -0.2) is 4.98 Å². The van der Waals surface area contributed by atoms with E-state index in [1.54, 1.807) is 0 Å². The van der Waals surface area contributed by atoms with E-state index in [2.05, 4.69) is 17.2 Å². The molecule has 1 heterocycles. The summed E-state index contributed by atoms with van der Waals surface area (Å²) in [4.78, 5) is 25.9. The summed E-state index contributed by atoms with van der Waals surface area (Å²) >= 11 is 5.68. The van der Waals surface area contributed by atoms with Gasteiger partial charge in [-0.05, 0) is 30.7 Å². The SMILES string of the molecule is CCC1(CNC(=O)c2cc(Cl)ncc2[N+](=O)[O-])CC1. The predicted molar refractivity (Wildman–Crippen MR) is 70.2 cm³/mol. The Morgan fingerprint density at radius 1 is 1.63 bits per heavy atom. The summed E-state index contributed by atoms with van der Waals surface area (Å²) < 4.78 is 0. The fourth-order valence-electron chi connectivity index (χ4n) is 1.95. The molecule has 7 heteroatoms. The average molecular weight is 284 g/mol. The van der Waals surface area contributed by atoms with E-state index >= 15 is 0 Å². The van der Waals surface area contributed by atoms with E-state index in [0.29, 0.717) is 6.54 Å². The van der Waals surface area contributed by atoms with Gasteiger partial charge in [0.25, 0.3) is 11.6 Å². The number of aromatic nitrogens is 1. The van der Waals surface area contributed by atoms with Crippen LogP contribution in [0.5, 0.6) is 0 Å². The Bertz CT molecular complexity index is 529. The van der Waals surface area contributed by atoms with Crippen LogP contribution in [0.1, 0.15) is 36.5 Å². The first-order valence-corrected chi connectivity index (χ1v) is 6.43. The molecule has 1 aliphatic carbocycles. The Morgan fingerprint density at radius 3 is 2.84 bits per heavy atom. The number of nitro groups is 1. The highest BCUT2D eigenvalue weighted by Crippen LogP contribution is 2.47. The second-order valence-electron chi connectivity index (χ2n) is 4.82.